The number of nitrogens with two attached hydrogens (primary N) is 1. The minimum atomic E-state index is -0.816. The summed E-state index contributed by atoms with van der Waals surface area (Å²) in [5.74, 6) is -0.301. The molecule has 1 aromatic carbocycles. The molecule has 1 heterocycles. The molecule has 1 aliphatic rings. The molecule has 1 fully saturated rings. The molecule has 0 spiro atoms. The molecule has 0 aliphatic heterocycles. The summed E-state index contributed by atoms with van der Waals surface area (Å²) in [6.45, 7) is 0. The molecule has 20 heavy (non-hydrogen) atoms. The van der Waals surface area contributed by atoms with Gasteiger partial charge in [-0.3, -0.25) is 4.79 Å². The Hall–Kier alpha value is -1.11. The number of esters is 1. The fourth-order valence-corrected chi connectivity index (χ4v) is 5.18. The number of thioether (sulfide) groups is 1. The van der Waals surface area contributed by atoms with E-state index >= 15 is 0 Å². The Morgan fingerprint density at radius 2 is 2.35 bits per heavy atom. The van der Waals surface area contributed by atoms with Gasteiger partial charge in [0.05, 0.1) is 17.3 Å². The number of methoxy groups -OCH3 is 1. The normalized spacial score (nSPS) is 26.0. The maximum absolute atomic E-state index is 11.7. The standard InChI is InChI=1S/C14H16N2O2S2/c1-18-12(17)14(15)7-6-9(8-14)19-13-16-10-4-2-3-5-11(10)20-13/h2-5,9H,6-8,15H2,1H3. The number of fused-ring (bicyclic) bond motifs is 1. The molecule has 1 aliphatic carbocycles. The molecular formula is C14H16N2O2S2. The topological polar surface area (TPSA) is 65.2 Å². The summed E-state index contributed by atoms with van der Waals surface area (Å²) < 4.78 is 7.04. The van der Waals surface area contributed by atoms with E-state index in [2.05, 4.69) is 11.1 Å². The number of carbonyl (C=O) groups is 1. The summed E-state index contributed by atoms with van der Waals surface area (Å²) in [7, 11) is 1.39. The van der Waals surface area contributed by atoms with Gasteiger partial charge in [0, 0.05) is 5.25 Å². The van der Waals surface area contributed by atoms with Gasteiger partial charge in [0.15, 0.2) is 4.34 Å². The Kier molecular flexibility index (Phi) is 3.70. The summed E-state index contributed by atoms with van der Waals surface area (Å²) in [5, 5.41) is 0.333. The second-order valence-electron chi connectivity index (χ2n) is 5.08. The molecule has 0 radical (unpaired) electrons. The van der Waals surface area contributed by atoms with Crippen LogP contribution in [0.4, 0.5) is 0 Å². The maximum Gasteiger partial charge on any atom is 0.325 e. The fraction of sp³-hybridized carbons (Fsp3) is 0.429. The van der Waals surface area contributed by atoms with Crippen LogP contribution in [0.15, 0.2) is 28.6 Å². The molecule has 2 unspecified atom stereocenters. The molecule has 2 aromatic rings. The number of para-hydroxylation sites is 1. The Balaban J connectivity index is 1.71. The number of ether oxygens (including phenoxy) is 1. The van der Waals surface area contributed by atoms with E-state index in [1.54, 1.807) is 23.1 Å². The van der Waals surface area contributed by atoms with Crippen molar-refractivity contribution in [2.45, 2.75) is 34.4 Å². The number of aromatic nitrogens is 1. The Labute approximate surface area is 125 Å². The molecule has 3 rings (SSSR count). The lowest BCUT2D eigenvalue weighted by atomic mass is 10.00. The monoisotopic (exact) mass is 308 g/mol. The highest BCUT2D eigenvalue weighted by Gasteiger charge is 2.43. The van der Waals surface area contributed by atoms with E-state index in [0.717, 1.165) is 16.3 Å². The van der Waals surface area contributed by atoms with E-state index in [4.69, 9.17) is 10.5 Å². The largest absolute Gasteiger partial charge is 0.468 e. The molecule has 0 amide bonds. The maximum atomic E-state index is 11.7. The van der Waals surface area contributed by atoms with Crippen LogP contribution in [0.5, 0.6) is 0 Å². The molecule has 1 aromatic heterocycles. The lowest BCUT2D eigenvalue weighted by molar-refractivity contribution is -0.146. The highest BCUT2D eigenvalue weighted by molar-refractivity contribution is 8.01. The molecule has 1 saturated carbocycles. The van der Waals surface area contributed by atoms with Crippen molar-refractivity contribution < 1.29 is 9.53 Å². The van der Waals surface area contributed by atoms with Crippen molar-refractivity contribution in [3.8, 4) is 0 Å². The van der Waals surface area contributed by atoms with Gasteiger partial charge in [-0.15, -0.1) is 11.3 Å². The first-order chi connectivity index (χ1) is 9.60. The summed E-state index contributed by atoms with van der Waals surface area (Å²) in [6, 6.07) is 8.11. The van der Waals surface area contributed by atoms with Crippen LogP contribution in [0.2, 0.25) is 0 Å². The minimum Gasteiger partial charge on any atom is -0.468 e. The van der Waals surface area contributed by atoms with E-state index in [9.17, 15) is 4.79 Å². The predicted molar refractivity (Wildman–Crippen MR) is 82.1 cm³/mol. The van der Waals surface area contributed by atoms with Gasteiger partial charge in [-0.25, -0.2) is 4.98 Å². The van der Waals surface area contributed by atoms with Crippen molar-refractivity contribution >= 4 is 39.3 Å². The van der Waals surface area contributed by atoms with Crippen LogP contribution < -0.4 is 5.73 Å². The summed E-state index contributed by atoms with van der Waals surface area (Å²) in [4.78, 5) is 16.3. The summed E-state index contributed by atoms with van der Waals surface area (Å²) >= 11 is 3.42. The second-order valence-corrected chi connectivity index (χ2v) is 7.66. The molecule has 0 bridgehead atoms. The zero-order valence-corrected chi connectivity index (χ0v) is 12.8. The smallest absolute Gasteiger partial charge is 0.325 e. The van der Waals surface area contributed by atoms with E-state index in [0.29, 0.717) is 18.1 Å². The first-order valence-electron chi connectivity index (χ1n) is 6.50. The van der Waals surface area contributed by atoms with Crippen LogP contribution in [0.25, 0.3) is 10.2 Å². The predicted octanol–water partition coefficient (Wildman–Crippen LogP) is 2.81. The van der Waals surface area contributed by atoms with Gasteiger partial charge in [-0.1, -0.05) is 23.9 Å². The van der Waals surface area contributed by atoms with Gasteiger partial charge >= 0.3 is 5.97 Å². The van der Waals surface area contributed by atoms with Crippen molar-refractivity contribution in [2.24, 2.45) is 5.73 Å². The second kappa shape index (κ2) is 5.35. The van der Waals surface area contributed by atoms with Gasteiger partial charge in [0.2, 0.25) is 0 Å². The first kappa shape index (κ1) is 13.9. The average Bonchev–Trinajstić information content (AvgIpc) is 3.02. The van der Waals surface area contributed by atoms with E-state index in [1.807, 2.05) is 18.2 Å². The van der Waals surface area contributed by atoms with Crippen LogP contribution in [-0.2, 0) is 9.53 Å². The molecule has 2 N–H and O–H groups in total. The molecule has 4 nitrogen and oxygen atoms in total. The van der Waals surface area contributed by atoms with E-state index in [-0.39, 0.29) is 5.97 Å². The van der Waals surface area contributed by atoms with Gasteiger partial charge in [-0.05, 0) is 31.4 Å². The number of hydrogen-bond donors (Lipinski definition) is 1. The highest BCUT2D eigenvalue weighted by atomic mass is 32.2. The number of hydrogen-bond acceptors (Lipinski definition) is 6. The van der Waals surface area contributed by atoms with Crippen LogP contribution in [-0.4, -0.2) is 28.9 Å². The number of rotatable bonds is 3. The van der Waals surface area contributed by atoms with Crippen LogP contribution in [0.3, 0.4) is 0 Å². The molecule has 2 atom stereocenters. The quantitative estimate of drug-likeness (QED) is 0.883. The van der Waals surface area contributed by atoms with Crippen molar-refractivity contribution in [3.05, 3.63) is 24.3 Å². The van der Waals surface area contributed by atoms with Crippen molar-refractivity contribution in [3.63, 3.8) is 0 Å². The molecule has 0 saturated heterocycles. The summed E-state index contributed by atoms with van der Waals surface area (Å²) in [5.41, 5.74) is 6.34. The van der Waals surface area contributed by atoms with Crippen LogP contribution in [0, 0.1) is 0 Å². The van der Waals surface area contributed by atoms with Crippen molar-refractivity contribution in [1.29, 1.82) is 0 Å². The van der Waals surface area contributed by atoms with E-state index in [1.165, 1.54) is 11.8 Å². The summed E-state index contributed by atoms with van der Waals surface area (Å²) in [6.07, 6.45) is 2.26. The average molecular weight is 308 g/mol. The number of carbonyl (C=O) groups excluding carboxylic acids is 1. The third-order valence-corrected chi connectivity index (χ3v) is 6.04. The Bertz CT molecular complexity index is 610. The van der Waals surface area contributed by atoms with Crippen LogP contribution >= 0.6 is 23.1 Å². The fourth-order valence-electron chi connectivity index (χ4n) is 2.56. The van der Waals surface area contributed by atoms with Gasteiger partial charge < -0.3 is 10.5 Å². The number of thiazole rings is 1. The van der Waals surface area contributed by atoms with Gasteiger partial charge in [0.25, 0.3) is 0 Å². The van der Waals surface area contributed by atoms with Crippen LogP contribution in [0.1, 0.15) is 19.3 Å². The van der Waals surface area contributed by atoms with Crippen molar-refractivity contribution in [1.82, 2.24) is 4.98 Å². The lowest BCUT2D eigenvalue weighted by Crippen LogP contribution is -2.46. The minimum absolute atomic E-state index is 0.301. The highest BCUT2D eigenvalue weighted by Crippen LogP contribution is 2.41. The SMILES string of the molecule is COC(=O)C1(N)CCC(Sc2nc3ccccc3s2)C1. The molecular weight excluding hydrogens is 292 g/mol. The zero-order valence-electron chi connectivity index (χ0n) is 11.2. The van der Waals surface area contributed by atoms with E-state index < -0.39 is 5.54 Å². The number of benzene rings is 1. The van der Waals surface area contributed by atoms with Gasteiger partial charge in [-0.2, -0.15) is 0 Å². The molecule has 106 valence electrons. The third-order valence-electron chi connectivity index (χ3n) is 3.64. The molecule has 6 heteroatoms. The zero-order chi connectivity index (χ0) is 14.2. The van der Waals surface area contributed by atoms with Gasteiger partial charge in [0.1, 0.15) is 5.54 Å². The van der Waals surface area contributed by atoms with Crippen molar-refractivity contribution in [2.75, 3.05) is 7.11 Å². The number of nitrogens with zero attached hydrogens (tertiary/aromatic N) is 1. The first-order valence-corrected chi connectivity index (χ1v) is 8.20. The third kappa shape index (κ3) is 2.55. The Morgan fingerprint density at radius 3 is 3.10 bits per heavy atom. The lowest BCUT2D eigenvalue weighted by Gasteiger charge is -2.20. The Morgan fingerprint density at radius 1 is 1.55 bits per heavy atom.